The summed E-state index contributed by atoms with van der Waals surface area (Å²) in [6, 6.07) is 14.4. The molecule has 0 radical (unpaired) electrons. The smallest absolute Gasteiger partial charge is 0.241 e. The van der Waals surface area contributed by atoms with E-state index in [1.165, 1.54) is 10.8 Å². The molecular formula is C21H26N2O2. The van der Waals surface area contributed by atoms with Gasteiger partial charge in [0.25, 0.3) is 0 Å². The molecule has 0 bridgehead atoms. The van der Waals surface area contributed by atoms with Crippen LogP contribution >= 0.6 is 0 Å². The quantitative estimate of drug-likeness (QED) is 0.904. The van der Waals surface area contributed by atoms with Crippen LogP contribution in [0, 0.1) is 11.3 Å². The van der Waals surface area contributed by atoms with E-state index < -0.39 is 5.54 Å². The summed E-state index contributed by atoms with van der Waals surface area (Å²) in [6.07, 6.45) is 2.04. The first-order chi connectivity index (χ1) is 12.0. The Balaban J connectivity index is 1.54. The molecule has 4 nitrogen and oxygen atoms in total. The summed E-state index contributed by atoms with van der Waals surface area (Å²) >= 11 is 0. The molecule has 2 fully saturated rings. The monoisotopic (exact) mass is 338 g/mol. The molecular weight excluding hydrogens is 312 g/mol. The highest BCUT2D eigenvalue weighted by Crippen LogP contribution is 2.57. The van der Waals surface area contributed by atoms with Crippen LogP contribution in [0.25, 0.3) is 10.8 Å². The summed E-state index contributed by atoms with van der Waals surface area (Å²) in [5.74, 6) is 0.0564. The number of amides is 1. The van der Waals surface area contributed by atoms with Crippen molar-refractivity contribution in [3.05, 3.63) is 48.0 Å². The van der Waals surface area contributed by atoms with Crippen molar-refractivity contribution in [3.63, 3.8) is 0 Å². The van der Waals surface area contributed by atoms with E-state index in [0.717, 1.165) is 25.0 Å². The van der Waals surface area contributed by atoms with Crippen LogP contribution in [-0.2, 0) is 16.1 Å². The first-order valence-corrected chi connectivity index (χ1v) is 9.11. The first-order valence-electron chi connectivity index (χ1n) is 9.11. The highest BCUT2D eigenvalue weighted by molar-refractivity contribution is 5.90. The zero-order valence-corrected chi connectivity index (χ0v) is 14.9. The van der Waals surface area contributed by atoms with E-state index in [0.29, 0.717) is 6.54 Å². The number of ether oxygens (including phenoxy) is 1. The van der Waals surface area contributed by atoms with Crippen LogP contribution in [0.3, 0.4) is 0 Å². The summed E-state index contributed by atoms with van der Waals surface area (Å²) < 4.78 is 5.90. The number of nitrogens with one attached hydrogen (secondary N) is 1. The Hall–Kier alpha value is -1.91. The average molecular weight is 338 g/mol. The van der Waals surface area contributed by atoms with Crippen LogP contribution in [0.2, 0.25) is 0 Å². The molecule has 3 N–H and O–H groups in total. The lowest BCUT2D eigenvalue weighted by atomic mass is 9.46. The Bertz CT molecular complexity index is 811. The van der Waals surface area contributed by atoms with Gasteiger partial charge in [-0.05, 0) is 29.2 Å². The van der Waals surface area contributed by atoms with Gasteiger partial charge in [-0.25, -0.2) is 0 Å². The van der Waals surface area contributed by atoms with Crippen molar-refractivity contribution in [2.45, 2.75) is 44.9 Å². The third-order valence-corrected chi connectivity index (χ3v) is 6.38. The van der Waals surface area contributed by atoms with E-state index in [1.54, 1.807) is 0 Å². The predicted octanol–water partition coefficient (Wildman–Crippen LogP) is 2.99. The largest absolute Gasteiger partial charge is 0.377 e. The average Bonchev–Trinajstić information content (AvgIpc) is 2.65. The molecule has 4 heteroatoms. The minimum absolute atomic E-state index is 0.0582. The van der Waals surface area contributed by atoms with Gasteiger partial charge >= 0.3 is 0 Å². The number of nitrogens with two attached hydrogens (primary N) is 1. The molecule has 1 saturated heterocycles. The Morgan fingerprint density at radius 1 is 1.24 bits per heavy atom. The summed E-state index contributed by atoms with van der Waals surface area (Å²) in [4.78, 5) is 13.0. The van der Waals surface area contributed by atoms with Gasteiger partial charge in [-0.2, -0.15) is 0 Å². The maximum atomic E-state index is 13.0. The summed E-state index contributed by atoms with van der Waals surface area (Å²) in [7, 11) is 0. The van der Waals surface area contributed by atoms with Crippen molar-refractivity contribution < 1.29 is 9.53 Å². The van der Waals surface area contributed by atoms with Crippen molar-refractivity contribution in [2.75, 3.05) is 6.61 Å². The summed E-state index contributed by atoms with van der Waals surface area (Å²) in [5.41, 5.74) is 6.57. The molecule has 0 aromatic heterocycles. The van der Waals surface area contributed by atoms with Gasteiger partial charge in [0.1, 0.15) is 5.54 Å². The third-order valence-electron chi connectivity index (χ3n) is 6.38. The minimum atomic E-state index is -0.858. The van der Waals surface area contributed by atoms with Gasteiger partial charge in [0, 0.05) is 24.5 Å². The lowest BCUT2D eigenvalue weighted by molar-refractivity contribution is -0.225. The lowest BCUT2D eigenvalue weighted by Gasteiger charge is -2.65. The maximum absolute atomic E-state index is 13.0. The van der Waals surface area contributed by atoms with Crippen molar-refractivity contribution in [2.24, 2.45) is 17.1 Å². The highest BCUT2D eigenvalue weighted by Gasteiger charge is 2.70. The maximum Gasteiger partial charge on any atom is 0.241 e. The molecule has 1 saturated carbocycles. The molecule has 3 unspecified atom stereocenters. The van der Waals surface area contributed by atoms with Gasteiger partial charge in [0.05, 0.1) is 6.10 Å². The summed E-state index contributed by atoms with van der Waals surface area (Å²) in [6.45, 7) is 5.37. The molecule has 3 atom stereocenters. The predicted molar refractivity (Wildman–Crippen MR) is 99.0 cm³/mol. The van der Waals surface area contributed by atoms with Crippen molar-refractivity contribution >= 4 is 16.7 Å². The first kappa shape index (κ1) is 16.6. The molecule has 2 aromatic rings. The van der Waals surface area contributed by atoms with Crippen molar-refractivity contribution in [1.29, 1.82) is 0 Å². The second kappa shape index (κ2) is 5.82. The Morgan fingerprint density at radius 2 is 2.00 bits per heavy atom. The normalized spacial score (nSPS) is 30.4. The number of benzene rings is 2. The molecule has 132 valence electrons. The molecule has 1 amide bonds. The Morgan fingerprint density at radius 3 is 2.84 bits per heavy atom. The number of carbonyl (C=O) groups excluding carboxylic acids is 1. The molecule has 0 spiro atoms. The van der Waals surface area contributed by atoms with E-state index in [9.17, 15) is 4.79 Å². The van der Waals surface area contributed by atoms with Crippen LogP contribution in [0.5, 0.6) is 0 Å². The second-order valence-corrected chi connectivity index (χ2v) is 7.95. The van der Waals surface area contributed by atoms with Gasteiger partial charge in [0.15, 0.2) is 0 Å². The fraction of sp³-hybridized carbons (Fsp3) is 0.476. The SMILES string of the molecule is CC1(C)C2OCCCC2C1(N)C(=O)NCc1cccc2ccccc12. The minimum Gasteiger partial charge on any atom is -0.377 e. The van der Waals surface area contributed by atoms with Gasteiger partial charge in [-0.3, -0.25) is 4.79 Å². The molecule has 2 aromatic carbocycles. The van der Waals surface area contributed by atoms with E-state index >= 15 is 0 Å². The lowest BCUT2D eigenvalue weighted by Crippen LogP contribution is -2.82. The van der Waals surface area contributed by atoms with Crippen LogP contribution in [0.1, 0.15) is 32.3 Å². The number of hydrogen-bond donors (Lipinski definition) is 2. The highest BCUT2D eigenvalue weighted by atomic mass is 16.5. The topological polar surface area (TPSA) is 64.3 Å². The number of hydrogen-bond acceptors (Lipinski definition) is 3. The zero-order valence-electron chi connectivity index (χ0n) is 14.9. The molecule has 1 heterocycles. The molecule has 2 aliphatic rings. The van der Waals surface area contributed by atoms with Gasteiger partial charge in [-0.15, -0.1) is 0 Å². The van der Waals surface area contributed by atoms with E-state index in [-0.39, 0.29) is 23.3 Å². The molecule has 25 heavy (non-hydrogen) atoms. The number of fused-ring (bicyclic) bond motifs is 2. The van der Waals surface area contributed by atoms with Crippen LogP contribution < -0.4 is 11.1 Å². The standard InChI is InChI=1S/C21H26N2O2/c1-20(2)18-17(11-6-12-25-18)21(20,22)19(24)23-13-15-9-5-8-14-7-3-4-10-16(14)15/h3-5,7-10,17-18H,6,11-13,22H2,1-2H3,(H,23,24). The Kier molecular flexibility index (Phi) is 3.85. The Labute approximate surface area is 148 Å². The van der Waals surface area contributed by atoms with Crippen molar-refractivity contribution in [3.8, 4) is 0 Å². The number of rotatable bonds is 3. The van der Waals surface area contributed by atoms with Crippen LogP contribution in [-0.4, -0.2) is 24.2 Å². The van der Waals surface area contributed by atoms with E-state index in [1.807, 2.05) is 18.2 Å². The van der Waals surface area contributed by atoms with Crippen LogP contribution in [0.4, 0.5) is 0 Å². The fourth-order valence-corrected chi connectivity index (χ4v) is 4.81. The van der Waals surface area contributed by atoms with Crippen LogP contribution in [0.15, 0.2) is 42.5 Å². The van der Waals surface area contributed by atoms with Gasteiger partial charge in [0.2, 0.25) is 5.91 Å². The third kappa shape index (κ3) is 2.31. The summed E-state index contributed by atoms with van der Waals surface area (Å²) in [5, 5.41) is 5.45. The second-order valence-electron chi connectivity index (χ2n) is 7.95. The molecule has 1 aliphatic carbocycles. The molecule has 1 aliphatic heterocycles. The fourth-order valence-electron chi connectivity index (χ4n) is 4.81. The van der Waals surface area contributed by atoms with Crippen molar-refractivity contribution in [1.82, 2.24) is 5.32 Å². The molecule has 4 rings (SSSR count). The van der Waals surface area contributed by atoms with E-state index in [2.05, 4.69) is 43.4 Å². The van der Waals surface area contributed by atoms with Gasteiger partial charge < -0.3 is 15.8 Å². The van der Waals surface area contributed by atoms with Gasteiger partial charge in [-0.1, -0.05) is 56.3 Å². The van der Waals surface area contributed by atoms with E-state index in [4.69, 9.17) is 10.5 Å². The number of carbonyl (C=O) groups is 1. The zero-order chi connectivity index (χ0) is 17.7.